The number of aliphatic imine (C=N–C) groups is 2. The lowest BCUT2D eigenvalue weighted by atomic mass is 9.96. The molecule has 0 fully saturated rings. The third-order valence-corrected chi connectivity index (χ3v) is 10.6. The van der Waals surface area contributed by atoms with Crippen molar-refractivity contribution in [3.8, 4) is 56.2 Å². The molecule has 0 saturated heterocycles. The smallest absolute Gasteiger partial charge is 0.160 e. The first-order valence-corrected chi connectivity index (χ1v) is 19.5. The van der Waals surface area contributed by atoms with Gasteiger partial charge in [0.2, 0.25) is 0 Å². The van der Waals surface area contributed by atoms with Gasteiger partial charge in [0.1, 0.15) is 12.0 Å². The standard InChI is InChI=1S/C53H37N5/c1-5-13-39(14-6-1)48-35-49(55-50(54-48)41-15-7-2-8-16-41)40-27-21-36(22-28-40)45-31-25-38-26-32-46(34-47(38)33-45)37-23-29-44(30-24-37)53-57-51(42-17-9-3-10-18-42)56-52(58-53)43-19-11-4-12-20-43/h1-35,51H,(H,56,57,58). The molecule has 1 aliphatic rings. The summed E-state index contributed by atoms with van der Waals surface area (Å²) >= 11 is 0. The Balaban J connectivity index is 0.930. The number of nitrogens with zero attached hydrogens (tertiary/aromatic N) is 4. The van der Waals surface area contributed by atoms with Crippen molar-refractivity contribution >= 4 is 22.4 Å². The second kappa shape index (κ2) is 15.4. The molecule has 0 bridgehead atoms. The van der Waals surface area contributed by atoms with Gasteiger partial charge in [-0.1, -0.05) is 194 Å². The first kappa shape index (κ1) is 34.7. The highest BCUT2D eigenvalue weighted by Gasteiger charge is 2.21. The van der Waals surface area contributed by atoms with E-state index in [1.54, 1.807) is 0 Å². The van der Waals surface area contributed by atoms with Crippen LogP contribution in [0.4, 0.5) is 0 Å². The Hall–Kier alpha value is -7.76. The maximum absolute atomic E-state index is 5.05. The number of hydrogen-bond acceptors (Lipinski definition) is 5. The van der Waals surface area contributed by atoms with Crippen molar-refractivity contribution in [3.05, 3.63) is 229 Å². The molecule has 10 rings (SSSR count). The van der Waals surface area contributed by atoms with E-state index in [1.807, 2.05) is 72.8 Å². The third kappa shape index (κ3) is 7.20. The molecule has 8 aromatic carbocycles. The molecule has 9 aromatic rings. The van der Waals surface area contributed by atoms with Gasteiger partial charge in [0.05, 0.1) is 11.4 Å². The van der Waals surface area contributed by atoms with E-state index in [1.165, 1.54) is 10.8 Å². The lowest BCUT2D eigenvalue weighted by Gasteiger charge is -2.23. The van der Waals surface area contributed by atoms with Crippen LogP contribution in [-0.4, -0.2) is 21.6 Å². The number of aromatic nitrogens is 2. The molecule has 1 unspecified atom stereocenters. The lowest BCUT2D eigenvalue weighted by molar-refractivity contribution is 0.674. The van der Waals surface area contributed by atoms with Gasteiger partial charge >= 0.3 is 0 Å². The summed E-state index contributed by atoms with van der Waals surface area (Å²) in [7, 11) is 0. The van der Waals surface area contributed by atoms with E-state index in [0.29, 0.717) is 11.7 Å². The molecule has 0 saturated carbocycles. The summed E-state index contributed by atoms with van der Waals surface area (Å²) in [5.74, 6) is 2.23. The molecule has 274 valence electrons. The fraction of sp³-hybridized carbons (Fsp3) is 0.0189. The minimum atomic E-state index is -0.234. The van der Waals surface area contributed by atoms with Gasteiger partial charge in [-0.05, 0) is 56.8 Å². The topological polar surface area (TPSA) is 62.5 Å². The summed E-state index contributed by atoms with van der Waals surface area (Å²) in [6.07, 6.45) is -0.234. The molecule has 0 aliphatic carbocycles. The molecule has 1 N–H and O–H groups in total. The molecular weight excluding hydrogens is 707 g/mol. The molecule has 0 spiro atoms. The maximum Gasteiger partial charge on any atom is 0.160 e. The van der Waals surface area contributed by atoms with E-state index < -0.39 is 0 Å². The summed E-state index contributed by atoms with van der Waals surface area (Å²) in [5, 5.41) is 5.92. The van der Waals surface area contributed by atoms with Crippen LogP contribution in [0.2, 0.25) is 0 Å². The molecule has 0 radical (unpaired) electrons. The van der Waals surface area contributed by atoms with Crippen molar-refractivity contribution in [2.45, 2.75) is 6.17 Å². The van der Waals surface area contributed by atoms with Crippen LogP contribution in [0.1, 0.15) is 22.9 Å². The summed E-state index contributed by atoms with van der Waals surface area (Å²) in [6, 6.07) is 73.7. The van der Waals surface area contributed by atoms with Crippen LogP contribution >= 0.6 is 0 Å². The average molecular weight is 744 g/mol. The Bertz CT molecular complexity index is 2870. The molecule has 1 aliphatic heterocycles. The first-order chi connectivity index (χ1) is 28.7. The Morgan fingerprint density at radius 1 is 0.345 bits per heavy atom. The van der Waals surface area contributed by atoms with Crippen molar-refractivity contribution in [3.63, 3.8) is 0 Å². The van der Waals surface area contributed by atoms with Crippen LogP contribution in [0, 0.1) is 0 Å². The van der Waals surface area contributed by atoms with E-state index in [2.05, 4.69) is 145 Å². The highest BCUT2D eigenvalue weighted by atomic mass is 15.2. The molecule has 2 heterocycles. The van der Waals surface area contributed by atoms with Gasteiger partial charge in [-0.25, -0.2) is 20.0 Å². The average Bonchev–Trinajstić information content (AvgIpc) is 3.32. The molecule has 5 nitrogen and oxygen atoms in total. The molecule has 58 heavy (non-hydrogen) atoms. The van der Waals surface area contributed by atoms with Gasteiger partial charge in [0.15, 0.2) is 11.7 Å². The quantitative estimate of drug-likeness (QED) is 0.169. The number of fused-ring (bicyclic) bond motifs is 1. The second-order valence-corrected chi connectivity index (χ2v) is 14.4. The van der Waals surface area contributed by atoms with Crippen molar-refractivity contribution in [2.24, 2.45) is 9.98 Å². The molecule has 0 amide bonds. The summed E-state index contributed by atoms with van der Waals surface area (Å²) in [5.41, 5.74) is 12.6. The number of amidine groups is 2. The Morgan fingerprint density at radius 2 is 0.793 bits per heavy atom. The van der Waals surface area contributed by atoms with Gasteiger partial charge in [-0.15, -0.1) is 0 Å². The zero-order valence-electron chi connectivity index (χ0n) is 31.6. The van der Waals surface area contributed by atoms with E-state index in [0.717, 1.165) is 72.9 Å². The Kier molecular flexibility index (Phi) is 9.22. The third-order valence-electron chi connectivity index (χ3n) is 10.6. The fourth-order valence-electron chi connectivity index (χ4n) is 7.45. The molecule has 1 atom stereocenters. The van der Waals surface area contributed by atoms with Crippen molar-refractivity contribution in [2.75, 3.05) is 0 Å². The summed E-state index contributed by atoms with van der Waals surface area (Å²) in [4.78, 5) is 20.0. The van der Waals surface area contributed by atoms with Crippen LogP contribution in [0.5, 0.6) is 0 Å². The molecule has 5 heteroatoms. The van der Waals surface area contributed by atoms with E-state index in [-0.39, 0.29) is 6.17 Å². The Morgan fingerprint density at radius 3 is 1.36 bits per heavy atom. The summed E-state index contributed by atoms with van der Waals surface area (Å²) < 4.78 is 0. The highest BCUT2D eigenvalue weighted by molar-refractivity contribution is 6.13. The van der Waals surface area contributed by atoms with Crippen molar-refractivity contribution in [1.29, 1.82) is 0 Å². The van der Waals surface area contributed by atoms with Crippen molar-refractivity contribution in [1.82, 2.24) is 15.3 Å². The van der Waals surface area contributed by atoms with E-state index in [4.69, 9.17) is 20.0 Å². The SMILES string of the molecule is c1ccc(C2=NC(c3ccc(-c4ccc5ccc(-c6ccc(-c7cc(-c8ccccc8)nc(-c8ccccc8)n7)cc6)cc5c4)cc3)=NC(c3ccccc3)N2)cc1. The van der Waals surface area contributed by atoms with Crippen LogP contribution < -0.4 is 5.32 Å². The zero-order chi connectivity index (χ0) is 38.7. The maximum atomic E-state index is 5.05. The van der Waals surface area contributed by atoms with Gasteiger partial charge in [0, 0.05) is 27.8 Å². The second-order valence-electron chi connectivity index (χ2n) is 14.4. The van der Waals surface area contributed by atoms with Crippen LogP contribution in [0.15, 0.2) is 222 Å². The van der Waals surface area contributed by atoms with E-state index in [9.17, 15) is 0 Å². The van der Waals surface area contributed by atoms with Crippen LogP contribution in [0.3, 0.4) is 0 Å². The first-order valence-electron chi connectivity index (χ1n) is 19.5. The summed E-state index contributed by atoms with van der Waals surface area (Å²) in [6.45, 7) is 0. The van der Waals surface area contributed by atoms with Gasteiger partial charge in [0.25, 0.3) is 0 Å². The predicted octanol–water partition coefficient (Wildman–Crippen LogP) is 12.5. The van der Waals surface area contributed by atoms with E-state index >= 15 is 0 Å². The Labute approximate surface area is 337 Å². The number of benzene rings is 8. The monoisotopic (exact) mass is 743 g/mol. The zero-order valence-corrected chi connectivity index (χ0v) is 31.6. The van der Waals surface area contributed by atoms with Crippen LogP contribution in [-0.2, 0) is 0 Å². The number of hydrogen-bond donors (Lipinski definition) is 1. The van der Waals surface area contributed by atoms with Crippen molar-refractivity contribution < 1.29 is 0 Å². The minimum absolute atomic E-state index is 0.234. The normalized spacial score (nSPS) is 13.7. The van der Waals surface area contributed by atoms with Crippen LogP contribution in [0.25, 0.3) is 66.9 Å². The van der Waals surface area contributed by atoms with Gasteiger partial charge < -0.3 is 5.32 Å². The lowest BCUT2D eigenvalue weighted by Crippen LogP contribution is -2.33. The largest absolute Gasteiger partial charge is 0.344 e. The number of nitrogens with one attached hydrogen (secondary N) is 1. The molecule has 1 aromatic heterocycles. The molecular formula is C53H37N5. The predicted molar refractivity (Wildman–Crippen MR) is 239 cm³/mol. The minimum Gasteiger partial charge on any atom is -0.344 e. The fourth-order valence-corrected chi connectivity index (χ4v) is 7.45. The highest BCUT2D eigenvalue weighted by Crippen LogP contribution is 2.32. The van der Waals surface area contributed by atoms with Gasteiger partial charge in [-0.3, -0.25) is 0 Å². The number of rotatable bonds is 8. The van der Waals surface area contributed by atoms with Gasteiger partial charge in [-0.2, -0.15) is 0 Å².